The van der Waals surface area contributed by atoms with Crippen molar-refractivity contribution >= 4 is 12.0 Å². The summed E-state index contributed by atoms with van der Waals surface area (Å²) in [7, 11) is 0. The molecule has 0 aromatic heterocycles. The largest absolute Gasteiger partial charge is 0.480 e. The number of aliphatic hydroxyl groups is 2. The Kier molecular flexibility index (Phi) is 6.74. The molecule has 2 amide bonds. The summed E-state index contributed by atoms with van der Waals surface area (Å²) in [5.74, 6) is -0.672. The lowest BCUT2D eigenvalue weighted by molar-refractivity contribution is -0.144. The number of likely N-dealkylation sites (tertiary alicyclic amines) is 1. The third-order valence-electron chi connectivity index (χ3n) is 3.83. The zero-order chi connectivity index (χ0) is 15.1. The molecule has 1 fully saturated rings. The van der Waals surface area contributed by atoms with Gasteiger partial charge in [-0.15, -0.1) is 0 Å². The Morgan fingerprint density at radius 1 is 1.25 bits per heavy atom. The van der Waals surface area contributed by atoms with Crippen LogP contribution >= 0.6 is 0 Å². The number of carbonyl (C=O) groups excluding carboxylic acids is 1. The summed E-state index contributed by atoms with van der Waals surface area (Å²) in [6.07, 6.45) is 2.16. The number of amides is 2. The lowest BCUT2D eigenvalue weighted by atomic mass is 9.89. The SMILES string of the molecule is CCC1CCN(C(=O)N(CCO)CCO)C(C(=O)O)C1. The van der Waals surface area contributed by atoms with Crippen molar-refractivity contribution in [1.82, 2.24) is 9.80 Å². The Balaban J connectivity index is 2.79. The smallest absolute Gasteiger partial charge is 0.326 e. The third kappa shape index (κ3) is 4.08. The highest BCUT2D eigenvalue weighted by Crippen LogP contribution is 2.26. The number of nitrogens with zero attached hydrogens (tertiary/aromatic N) is 2. The number of aliphatic hydroxyl groups excluding tert-OH is 2. The quantitative estimate of drug-likeness (QED) is 0.637. The van der Waals surface area contributed by atoms with Gasteiger partial charge in [-0.1, -0.05) is 13.3 Å². The van der Waals surface area contributed by atoms with E-state index in [1.807, 2.05) is 6.92 Å². The minimum absolute atomic E-state index is 0.0967. The maximum Gasteiger partial charge on any atom is 0.326 e. The second kappa shape index (κ2) is 8.06. The summed E-state index contributed by atoms with van der Waals surface area (Å²) >= 11 is 0. The Morgan fingerprint density at radius 3 is 2.30 bits per heavy atom. The van der Waals surface area contributed by atoms with Crippen LogP contribution in [-0.4, -0.2) is 76.0 Å². The summed E-state index contributed by atoms with van der Waals surface area (Å²) < 4.78 is 0. The van der Waals surface area contributed by atoms with Gasteiger partial charge in [-0.05, 0) is 18.8 Å². The van der Waals surface area contributed by atoms with E-state index in [9.17, 15) is 14.7 Å². The Morgan fingerprint density at radius 2 is 1.85 bits per heavy atom. The molecule has 1 heterocycles. The summed E-state index contributed by atoms with van der Waals surface area (Å²) in [5.41, 5.74) is 0. The maximum absolute atomic E-state index is 12.4. The third-order valence-corrected chi connectivity index (χ3v) is 3.83. The fourth-order valence-corrected chi connectivity index (χ4v) is 2.60. The fourth-order valence-electron chi connectivity index (χ4n) is 2.60. The van der Waals surface area contributed by atoms with Crippen LogP contribution in [0, 0.1) is 5.92 Å². The van der Waals surface area contributed by atoms with E-state index in [2.05, 4.69) is 0 Å². The predicted molar refractivity (Wildman–Crippen MR) is 72.3 cm³/mol. The topological polar surface area (TPSA) is 101 Å². The predicted octanol–water partition coefficient (Wildman–Crippen LogP) is -0.0318. The molecular formula is C13H24N2O5. The van der Waals surface area contributed by atoms with Gasteiger partial charge in [0, 0.05) is 19.6 Å². The summed E-state index contributed by atoms with van der Waals surface area (Å²) in [6, 6.07) is -1.24. The van der Waals surface area contributed by atoms with E-state index in [1.54, 1.807) is 0 Å². The second-order valence-corrected chi connectivity index (χ2v) is 5.06. The summed E-state index contributed by atoms with van der Waals surface area (Å²) in [5, 5.41) is 27.2. The first-order chi connectivity index (χ1) is 9.54. The van der Waals surface area contributed by atoms with Crippen molar-refractivity contribution in [3.05, 3.63) is 0 Å². The molecule has 1 aliphatic rings. The van der Waals surface area contributed by atoms with Crippen LogP contribution in [0.25, 0.3) is 0 Å². The molecule has 0 aliphatic carbocycles. The highest BCUT2D eigenvalue weighted by molar-refractivity contribution is 5.83. The lowest BCUT2D eigenvalue weighted by Gasteiger charge is -2.39. The second-order valence-electron chi connectivity index (χ2n) is 5.06. The average molecular weight is 288 g/mol. The molecule has 116 valence electrons. The van der Waals surface area contributed by atoms with Crippen molar-refractivity contribution in [3.63, 3.8) is 0 Å². The van der Waals surface area contributed by atoms with E-state index in [1.165, 1.54) is 9.80 Å². The molecule has 0 spiro atoms. The minimum atomic E-state index is -0.996. The molecule has 0 radical (unpaired) electrons. The Hall–Kier alpha value is -1.34. The van der Waals surface area contributed by atoms with Crippen molar-refractivity contribution in [1.29, 1.82) is 0 Å². The van der Waals surface area contributed by atoms with E-state index in [0.29, 0.717) is 18.9 Å². The van der Waals surface area contributed by atoms with E-state index >= 15 is 0 Å². The zero-order valence-electron chi connectivity index (χ0n) is 11.9. The van der Waals surface area contributed by atoms with Crippen molar-refractivity contribution < 1.29 is 24.9 Å². The monoisotopic (exact) mass is 288 g/mol. The number of rotatable bonds is 6. The molecule has 2 unspecified atom stereocenters. The van der Waals surface area contributed by atoms with E-state index in [-0.39, 0.29) is 26.3 Å². The van der Waals surface area contributed by atoms with Crippen molar-refractivity contribution in [2.45, 2.75) is 32.2 Å². The number of urea groups is 1. The van der Waals surface area contributed by atoms with Crippen LogP contribution in [0.5, 0.6) is 0 Å². The average Bonchev–Trinajstić information content (AvgIpc) is 2.45. The van der Waals surface area contributed by atoms with E-state index in [4.69, 9.17) is 10.2 Å². The van der Waals surface area contributed by atoms with Gasteiger partial charge < -0.3 is 25.1 Å². The van der Waals surface area contributed by atoms with Gasteiger partial charge in [0.25, 0.3) is 0 Å². The first-order valence-electron chi connectivity index (χ1n) is 7.05. The van der Waals surface area contributed by atoms with Crippen LogP contribution in [0.2, 0.25) is 0 Å². The molecule has 0 bridgehead atoms. The van der Waals surface area contributed by atoms with Gasteiger partial charge >= 0.3 is 12.0 Å². The highest BCUT2D eigenvalue weighted by Gasteiger charge is 2.37. The first-order valence-corrected chi connectivity index (χ1v) is 7.05. The van der Waals surface area contributed by atoms with Gasteiger partial charge in [0.1, 0.15) is 6.04 Å². The number of carboxylic acid groups (broad SMARTS) is 1. The zero-order valence-corrected chi connectivity index (χ0v) is 11.9. The molecule has 7 nitrogen and oxygen atoms in total. The van der Waals surface area contributed by atoms with E-state index < -0.39 is 18.0 Å². The van der Waals surface area contributed by atoms with Crippen LogP contribution in [0.3, 0.4) is 0 Å². The number of aliphatic carboxylic acids is 1. The molecule has 0 saturated carbocycles. The molecule has 1 saturated heterocycles. The van der Waals surface area contributed by atoms with Gasteiger partial charge in [-0.25, -0.2) is 9.59 Å². The number of hydrogen-bond acceptors (Lipinski definition) is 4. The molecule has 7 heteroatoms. The van der Waals surface area contributed by atoms with Crippen LogP contribution in [0.15, 0.2) is 0 Å². The molecule has 20 heavy (non-hydrogen) atoms. The van der Waals surface area contributed by atoms with Crippen LogP contribution in [0.4, 0.5) is 4.79 Å². The van der Waals surface area contributed by atoms with Gasteiger partial charge in [0.05, 0.1) is 13.2 Å². The van der Waals surface area contributed by atoms with Gasteiger partial charge in [0.15, 0.2) is 0 Å². The van der Waals surface area contributed by atoms with Gasteiger partial charge in [-0.3, -0.25) is 0 Å². The van der Waals surface area contributed by atoms with E-state index in [0.717, 1.165) is 12.8 Å². The van der Waals surface area contributed by atoms with Crippen LogP contribution < -0.4 is 0 Å². The number of hydrogen-bond donors (Lipinski definition) is 3. The summed E-state index contributed by atoms with van der Waals surface area (Å²) in [4.78, 5) is 26.4. The molecular weight excluding hydrogens is 264 g/mol. The van der Waals surface area contributed by atoms with Crippen molar-refractivity contribution in [3.8, 4) is 0 Å². The normalized spacial score (nSPS) is 22.6. The molecule has 3 N–H and O–H groups in total. The van der Waals surface area contributed by atoms with Gasteiger partial charge in [0.2, 0.25) is 0 Å². The van der Waals surface area contributed by atoms with Crippen molar-refractivity contribution in [2.24, 2.45) is 5.92 Å². The number of carboxylic acids is 1. The van der Waals surface area contributed by atoms with Gasteiger partial charge in [-0.2, -0.15) is 0 Å². The Bertz CT molecular complexity index is 331. The molecule has 1 aliphatic heterocycles. The minimum Gasteiger partial charge on any atom is -0.480 e. The lowest BCUT2D eigenvalue weighted by Crippen LogP contribution is -2.55. The van der Waals surface area contributed by atoms with Crippen molar-refractivity contribution in [2.75, 3.05) is 32.8 Å². The Labute approximate surface area is 118 Å². The fraction of sp³-hybridized carbons (Fsp3) is 0.846. The summed E-state index contributed by atoms with van der Waals surface area (Å²) in [6.45, 7) is 2.19. The maximum atomic E-state index is 12.4. The number of carbonyl (C=O) groups is 2. The van der Waals surface area contributed by atoms with Crippen LogP contribution in [0.1, 0.15) is 26.2 Å². The first kappa shape index (κ1) is 16.7. The molecule has 1 rings (SSSR count). The number of piperidine rings is 1. The highest BCUT2D eigenvalue weighted by atomic mass is 16.4. The van der Waals surface area contributed by atoms with Crippen LogP contribution in [-0.2, 0) is 4.79 Å². The molecule has 0 aromatic rings. The molecule has 0 aromatic carbocycles. The molecule has 2 atom stereocenters. The standard InChI is InChI=1S/C13H24N2O5/c1-2-10-3-4-15(11(9-10)12(18)19)13(20)14(5-7-16)6-8-17/h10-11,16-17H,2-9H2,1H3,(H,18,19).